The quantitative estimate of drug-likeness (QED) is 0.586. The van der Waals surface area contributed by atoms with Crippen molar-refractivity contribution in [2.75, 3.05) is 0 Å². The topological polar surface area (TPSA) is 20.3 Å². The molecule has 1 unspecified atom stereocenters. The maximum Gasteiger partial charge on any atom is 0.226 e. The first-order valence-electron chi connectivity index (χ1n) is 4.60. The van der Waals surface area contributed by atoms with Crippen LogP contribution in [0.25, 0.3) is 0 Å². The Morgan fingerprint density at radius 2 is 2.25 bits per heavy atom. The maximum atomic E-state index is 11.5. The summed E-state index contributed by atoms with van der Waals surface area (Å²) in [4.78, 5) is 13.3. The first-order chi connectivity index (χ1) is 5.61. The van der Waals surface area contributed by atoms with Crippen molar-refractivity contribution in [1.82, 2.24) is 4.90 Å². The van der Waals surface area contributed by atoms with Crippen LogP contribution in [-0.4, -0.2) is 16.8 Å². The molecule has 0 saturated heterocycles. The molecular formula is C10H17NO. The Hall–Kier alpha value is -0.790. The second-order valence-corrected chi connectivity index (χ2v) is 3.75. The molecule has 1 aliphatic heterocycles. The molecule has 1 atom stereocenters. The zero-order valence-electron chi connectivity index (χ0n) is 8.08. The third kappa shape index (κ3) is 2.10. The Morgan fingerprint density at radius 1 is 1.58 bits per heavy atom. The van der Waals surface area contributed by atoms with E-state index in [2.05, 4.69) is 13.0 Å². The van der Waals surface area contributed by atoms with Gasteiger partial charge in [0.05, 0.1) is 0 Å². The number of hydrogen-bond acceptors (Lipinski definition) is 1. The number of nitrogens with zero attached hydrogens (tertiary/aromatic N) is 1. The van der Waals surface area contributed by atoms with E-state index in [4.69, 9.17) is 0 Å². The number of amides is 1. The lowest BCUT2D eigenvalue weighted by atomic mass is 10.1. The van der Waals surface area contributed by atoms with Gasteiger partial charge in [0.2, 0.25) is 5.91 Å². The highest BCUT2D eigenvalue weighted by Gasteiger charge is 2.17. The van der Waals surface area contributed by atoms with E-state index in [0.717, 1.165) is 6.42 Å². The van der Waals surface area contributed by atoms with Gasteiger partial charge in [-0.3, -0.25) is 4.79 Å². The van der Waals surface area contributed by atoms with Gasteiger partial charge in [0.25, 0.3) is 0 Å². The second-order valence-electron chi connectivity index (χ2n) is 3.75. The van der Waals surface area contributed by atoms with Crippen LogP contribution in [0.1, 0.15) is 33.6 Å². The minimum atomic E-state index is 0.255. The summed E-state index contributed by atoms with van der Waals surface area (Å²) in [6.07, 6.45) is 5.72. The van der Waals surface area contributed by atoms with E-state index in [1.54, 1.807) is 0 Å². The van der Waals surface area contributed by atoms with E-state index in [0.29, 0.717) is 18.4 Å². The van der Waals surface area contributed by atoms with Crippen molar-refractivity contribution in [2.45, 2.75) is 39.7 Å². The van der Waals surface area contributed by atoms with Gasteiger partial charge in [0.15, 0.2) is 0 Å². The molecule has 0 aromatic rings. The molecule has 0 saturated carbocycles. The molecule has 1 amide bonds. The summed E-state index contributed by atoms with van der Waals surface area (Å²) in [5.41, 5.74) is 0. The molecule has 0 N–H and O–H groups in total. The van der Waals surface area contributed by atoms with Crippen LogP contribution >= 0.6 is 0 Å². The van der Waals surface area contributed by atoms with Crippen LogP contribution in [0.3, 0.4) is 0 Å². The molecule has 2 heteroatoms. The van der Waals surface area contributed by atoms with Gasteiger partial charge in [-0.15, -0.1) is 0 Å². The van der Waals surface area contributed by atoms with Gasteiger partial charge < -0.3 is 4.90 Å². The Labute approximate surface area is 74.2 Å². The minimum Gasteiger partial charge on any atom is -0.317 e. The van der Waals surface area contributed by atoms with Crippen molar-refractivity contribution >= 4 is 5.91 Å². The fourth-order valence-corrected chi connectivity index (χ4v) is 1.36. The average molecular weight is 167 g/mol. The van der Waals surface area contributed by atoms with Gasteiger partial charge in [-0.1, -0.05) is 13.0 Å². The number of carbonyl (C=O) groups excluding carboxylic acids is 1. The fraction of sp³-hybridized carbons (Fsp3) is 0.700. The summed E-state index contributed by atoms with van der Waals surface area (Å²) in [6, 6.07) is 0.291. The molecule has 2 nitrogen and oxygen atoms in total. The van der Waals surface area contributed by atoms with Gasteiger partial charge in [-0.05, 0) is 26.2 Å². The molecule has 0 spiro atoms. The molecular weight excluding hydrogens is 150 g/mol. The number of carbonyl (C=O) groups is 1. The lowest BCUT2D eigenvalue weighted by molar-refractivity contribution is -0.129. The van der Waals surface area contributed by atoms with Crippen LogP contribution in [0.15, 0.2) is 12.3 Å². The smallest absolute Gasteiger partial charge is 0.226 e. The summed E-state index contributed by atoms with van der Waals surface area (Å²) in [6.45, 7) is 6.23. The Balaban J connectivity index is 2.70. The lowest BCUT2D eigenvalue weighted by Crippen LogP contribution is -2.31. The largest absolute Gasteiger partial charge is 0.317 e. The lowest BCUT2D eigenvalue weighted by Gasteiger charge is -2.21. The summed E-state index contributed by atoms with van der Waals surface area (Å²) < 4.78 is 0. The summed E-state index contributed by atoms with van der Waals surface area (Å²) in [5.74, 6) is 0.795. The summed E-state index contributed by atoms with van der Waals surface area (Å²) >= 11 is 0. The van der Waals surface area contributed by atoms with Crippen molar-refractivity contribution in [3.05, 3.63) is 12.3 Å². The monoisotopic (exact) mass is 167 g/mol. The van der Waals surface area contributed by atoms with E-state index < -0.39 is 0 Å². The molecule has 12 heavy (non-hydrogen) atoms. The molecule has 0 aliphatic carbocycles. The molecule has 0 aromatic carbocycles. The van der Waals surface area contributed by atoms with Crippen LogP contribution < -0.4 is 0 Å². The van der Waals surface area contributed by atoms with Gasteiger partial charge >= 0.3 is 0 Å². The van der Waals surface area contributed by atoms with Crippen molar-refractivity contribution < 1.29 is 4.79 Å². The Bertz CT molecular complexity index is 196. The number of allylic oxidation sites excluding steroid dienone is 1. The highest BCUT2D eigenvalue weighted by Crippen LogP contribution is 2.16. The minimum absolute atomic E-state index is 0.255. The first kappa shape index (κ1) is 9.30. The predicted octanol–water partition coefficient (Wildman–Crippen LogP) is 2.17. The molecule has 1 aliphatic rings. The molecule has 1 rings (SSSR count). The summed E-state index contributed by atoms with van der Waals surface area (Å²) in [5, 5.41) is 0. The highest BCUT2D eigenvalue weighted by atomic mass is 16.2. The van der Waals surface area contributed by atoms with E-state index in [1.807, 2.05) is 24.9 Å². The second kappa shape index (κ2) is 3.74. The van der Waals surface area contributed by atoms with Crippen molar-refractivity contribution in [3.8, 4) is 0 Å². The van der Waals surface area contributed by atoms with Gasteiger partial charge in [0, 0.05) is 18.7 Å². The van der Waals surface area contributed by atoms with Gasteiger partial charge in [-0.25, -0.2) is 0 Å². The average Bonchev–Trinajstić information content (AvgIpc) is 2.14. The van der Waals surface area contributed by atoms with Crippen molar-refractivity contribution in [1.29, 1.82) is 0 Å². The zero-order chi connectivity index (χ0) is 9.14. The highest BCUT2D eigenvalue weighted by molar-refractivity contribution is 5.77. The van der Waals surface area contributed by atoms with Gasteiger partial charge in [0.1, 0.15) is 0 Å². The third-order valence-electron chi connectivity index (χ3n) is 2.23. The predicted molar refractivity (Wildman–Crippen MR) is 49.5 cm³/mol. The van der Waals surface area contributed by atoms with Gasteiger partial charge in [-0.2, -0.15) is 0 Å². The zero-order valence-corrected chi connectivity index (χ0v) is 8.08. The van der Waals surface area contributed by atoms with Crippen molar-refractivity contribution in [2.24, 2.45) is 5.92 Å². The third-order valence-corrected chi connectivity index (χ3v) is 2.23. The van der Waals surface area contributed by atoms with Crippen LogP contribution in [0.2, 0.25) is 0 Å². The molecule has 0 fully saturated rings. The van der Waals surface area contributed by atoms with E-state index in [1.165, 1.54) is 0 Å². The first-order valence-corrected chi connectivity index (χ1v) is 4.60. The summed E-state index contributed by atoms with van der Waals surface area (Å²) in [7, 11) is 0. The standard InChI is InChI=1S/C10H17NO/c1-8(2)11-7-6-9(3)4-5-10(11)12/h6-9H,4-5H2,1-3H3. The molecule has 0 radical (unpaired) electrons. The Morgan fingerprint density at radius 3 is 2.83 bits per heavy atom. The van der Waals surface area contributed by atoms with Crippen LogP contribution in [0, 0.1) is 5.92 Å². The van der Waals surface area contributed by atoms with Crippen LogP contribution in [-0.2, 0) is 4.79 Å². The van der Waals surface area contributed by atoms with Crippen LogP contribution in [0.4, 0.5) is 0 Å². The molecule has 68 valence electrons. The number of hydrogen-bond donors (Lipinski definition) is 0. The van der Waals surface area contributed by atoms with E-state index >= 15 is 0 Å². The maximum absolute atomic E-state index is 11.5. The molecule has 1 heterocycles. The normalized spacial score (nSPS) is 24.8. The molecule has 0 bridgehead atoms. The Kier molecular flexibility index (Phi) is 2.90. The van der Waals surface area contributed by atoms with Crippen LogP contribution in [0.5, 0.6) is 0 Å². The van der Waals surface area contributed by atoms with E-state index in [9.17, 15) is 4.79 Å². The fourth-order valence-electron chi connectivity index (χ4n) is 1.36. The SMILES string of the molecule is CC1C=CN(C(C)C)C(=O)CC1. The molecule has 0 aromatic heterocycles. The van der Waals surface area contributed by atoms with Crippen molar-refractivity contribution in [3.63, 3.8) is 0 Å². The number of rotatable bonds is 1. The van der Waals surface area contributed by atoms with E-state index in [-0.39, 0.29) is 5.91 Å².